The van der Waals surface area contributed by atoms with E-state index in [4.69, 9.17) is 15.0 Å². The van der Waals surface area contributed by atoms with E-state index in [1.165, 1.54) is 31.3 Å². The average Bonchev–Trinajstić information content (AvgIpc) is 3.58. The summed E-state index contributed by atoms with van der Waals surface area (Å²) in [7, 11) is 0. The zero-order valence-corrected chi connectivity index (χ0v) is 28.3. The molecule has 0 unspecified atom stereocenters. The normalized spacial score (nSPS) is 11.5. The number of rotatable bonds is 5. The molecule has 0 bridgehead atoms. The first kappa shape index (κ1) is 29.4. The van der Waals surface area contributed by atoms with Crippen LogP contribution in [0.5, 0.6) is 0 Å². The molecule has 0 saturated carbocycles. The molecule has 10 rings (SSSR count). The van der Waals surface area contributed by atoms with E-state index in [1.807, 2.05) is 11.3 Å². The van der Waals surface area contributed by atoms with Crippen LogP contribution in [0.1, 0.15) is 0 Å². The third kappa shape index (κ3) is 5.25. The SMILES string of the molecule is c1cc(-c2cccc(-c3nc(-c4cccc5ccccc45)nc(-c4cccc5ccccc45)n3)c2)cc(-c2ccc3c(c2)sc2ccccc23)c1. The molecule has 0 radical (unpaired) electrons. The van der Waals surface area contributed by atoms with Gasteiger partial charge in [0.25, 0.3) is 0 Å². The van der Waals surface area contributed by atoms with Gasteiger partial charge in [0, 0.05) is 36.9 Å². The molecule has 0 aliphatic rings. The number of thiophene rings is 1. The summed E-state index contributed by atoms with van der Waals surface area (Å²) in [5.74, 6) is 1.96. The molecule has 51 heavy (non-hydrogen) atoms. The van der Waals surface area contributed by atoms with Crippen LogP contribution in [-0.2, 0) is 0 Å². The summed E-state index contributed by atoms with van der Waals surface area (Å²) in [4.78, 5) is 15.5. The summed E-state index contributed by atoms with van der Waals surface area (Å²) in [6, 6.07) is 62.2. The van der Waals surface area contributed by atoms with Crippen LogP contribution in [0, 0.1) is 0 Å². The number of hydrogen-bond acceptors (Lipinski definition) is 4. The Balaban J connectivity index is 1.10. The maximum absolute atomic E-state index is 5.16. The van der Waals surface area contributed by atoms with E-state index in [2.05, 4.69) is 176 Å². The Morgan fingerprint density at radius 1 is 0.294 bits per heavy atom. The van der Waals surface area contributed by atoms with Crippen molar-refractivity contribution >= 4 is 53.1 Å². The Morgan fingerprint density at radius 3 is 1.39 bits per heavy atom. The van der Waals surface area contributed by atoms with Gasteiger partial charge in [-0.1, -0.05) is 152 Å². The van der Waals surface area contributed by atoms with E-state index in [1.54, 1.807) is 0 Å². The van der Waals surface area contributed by atoms with Crippen molar-refractivity contribution in [1.82, 2.24) is 15.0 Å². The molecular formula is C47H29N3S. The summed E-state index contributed by atoms with van der Waals surface area (Å²) in [5, 5.41) is 7.15. The molecule has 238 valence electrons. The highest BCUT2D eigenvalue weighted by molar-refractivity contribution is 7.25. The lowest BCUT2D eigenvalue weighted by Crippen LogP contribution is -2.01. The molecule has 10 aromatic rings. The van der Waals surface area contributed by atoms with Gasteiger partial charge in [-0.2, -0.15) is 0 Å². The smallest absolute Gasteiger partial charge is 0.164 e. The Labute approximate surface area is 299 Å². The van der Waals surface area contributed by atoms with Gasteiger partial charge in [0.2, 0.25) is 0 Å². The largest absolute Gasteiger partial charge is 0.208 e. The molecule has 0 aliphatic heterocycles. The fourth-order valence-corrected chi connectivity index (χ4v) is 8.35. The van der Waals surface area contributed by atoms with E-state index < -0.39 is 0 Å². The van der Waals surface area contributed by atoms with Crippen molar-refractivity contribution in [3.8, 4) is 56.4 Å². The van der Waals surface area contributed by atoms with Gasteiger partial charge in [0.1, 0.15) is 0 Å². The van der Waals surface area contributed by atoms with Crippen molar-refractivity contribution in [2.75, 3.05) is 0 Å². The predicted molar refractivity (Wildman–Crippen MR) is 215 cm³/mol. The minimum absolute atomic E-state index is 0.643. The molecule has 0 saturated heterocycles. The van der Waals surface area contributed by atoms with Gasteiger partial charge in [-0.05, 0) is 68.1 Å². The standard InChI is InChI=1S/C47H29N3S/c1-3-19-37-30(11-1)13-9-22-41(37)46-48-45(49-47(50-46)42-23-10-14-31-12-2-4-20-38(31)42)36-18-8-17-34(28-36)32-15-7-16-33(27-32)35-25-26-40-39-21-5-6-24-43(39)51-44(40)29-35/h1-29H. The van der Waals surface area contributed by atoms with E-state index >= 15 is 0 Å². The number of nitrogens with zero attached hydrogens (tertiary/aromatic N) is 3. The lowest BCUT2D eigenvalue weighted by atomic mass is 9.97. The number of benzene rings is 8. The summed E-state index contributed by atoms with van der Waals surface area (Å²) in [6.07, 6.45) is 0. The Kier molecular flexibility index (Phi) is 7.00. The van der Waals surface area contributed by atoms with Crippen LogP contribution in [0.2, 0.25) is 0 Å². The van der Waals surface area contributed by atoms with Gasteiger partial charge >= 0.3 is 0 Å². The van der Waals surface area contributed by atoms with Crippen LogP contribution in [0.25, 0.3) is 98.1 Å². The first-order valence-corrected chi connectivity index (χ1v) is 17.9. The second-order valence-corrected chi connectivity index (χ2v) is 13.9. The second-order valence-electron chi connectivity index (χ2n) is 12.8. The minimum Gasteiger partial charge on any atom is -0.208 e. The topological polar surface area (TPSA) is 38.7 Å². The van der Waals surface area contributed by atoms with Crippen LogP contribution >= 0.6 is 11.3 Å². The molecule has 0 aliphatic carbocycles. The van der Waals surface area contributed by atoms with Gasteiger partial charge in [-0.25, -0.2) is 15.0 Å². The third-order valence-electron chi connectivity index (χ3n) is 9.73. The zero-order valence-electron chi connectivity index (χ0n) is 27.5. The predicted octanol–water partition coefficient (Wildman–Crippen LogP) is 12.9. The fourth-order valence-electron chi connectivity index (χ4n) is 7.21. The van der Waals surface area contributed by atoms with Crippen LogP contribution in [0.4, 0.5) is 0 Å². The van der Waals surface area contributed by atoms with E-state index in [0.29, 0.717) is 17.5 Å². The Morgan fingerprint density at radius 2 is 0.745 bits per heavy atom. The lowest BCUT2D eigenvalue weighted by Gasteiger charge is -2.12. The maximum atomic E-state index is 5.16. The molecule has 4 heteroatoms. The zero-order chi connectivity index (χ0) is 33.7. The summed E-state index contributed by atoms with van der Waals surface area (Å²) >= 11 is 1.85. The van der Waals surface area contributed by atoms with Gasteiger partial charge < -0.3 is 0 Å². The van der Waals surface area contributed by atoms with Gasteiger partial charge in [0.15, 0.2) is 17.5 Å². The molecule has 2 heterocycles. The summed E-state index contributed by atoms with van der Waals surface area (Å²) < 4.78 is 2.63. The first-order chi connectivity index (χ1) is 25.2. The molecule has 3 nitrogen and oxygen atoms in total. The quantitative estimate of drug-likeness (QED) is 0.183. The van der Waals surface area contributed by atoms with Crippen molar-refractivity contribution in [2.24, 2.45) is 0 Å². The van der Waals surface area contributed by atoms with Gasteiger partial charge in [0.05, 0.1) is 0 Å². The van der Waals surface area contributed by atoms with Crippen LogP contribution in [0.3, 0.4) is 0 Å². The Bertz CT molecular complexity index is 2830. The summed E-state index contributed by atoms with van der Waals surface area (Å²) in [5.41, 5.74) is 7.56. The van der Waals surface area contributed by atoms with E-state index in [0.717, 1.165) is 49.4 Å². The molecule has 0 amide bonds. The monoisotopic (exact) mass is 667 g/mol. The van der Waals surface area contributed by atoms with E-state index in [9.17, 15) is 0 Å². The van der Waals surface area contributed by atoms with Gasteiger partial charge in [-0.3, -0.25) is 0 Å². The highest BCUT2D eigenvalue weighted by Crippen LogP contribution is 2.38. The molecule has 8 aromatic carbocycles. The molecule has 2 aromatic heterocycles. The molecule has 0 atom stereocenters. The number of aromatic nitrogens is 3. The lowest BCUT2D eigenvalue weighted by molar-refractivity contribution is 1.08. The van der Waals surface area contributed by atoms with Crippen LogP contribution in [-0.4, -0.2) is 15.0 Å². The van der Waals surface area contributed by atoms with Crippen molar-refractivity contribution in [3.63, 3.8) is 0 Å². The van der Waals surface area contributed by atoms with Crippen molar-refractivity contribution in [1.29, 1.82) is 0 Å². The van der Waals surface area contributed by atoms with Crippen molar-refractivity contribution in [3.05, 3.63) is 176 Å². The molecule has 0 fully saturated rings. The van der Waals surface area contributed by atoms with Crippen molar-refractivity contribution < 1.29 is 0 Å². The second kappa shape index (κ2) is 12.1. The van der Waals surface area contributed by atoms with E-state index in [-0.39, 0.29) is 0 Å². The molecular weight excluding hydrogens is 639 g/mol. The van der Waals surface area contributed by atoms with Gasteiger partial charge in [-0.15, -0.1) is 11.3 Å². The minimum atomic E-state index is 0.643. The highest BCUT2D eigenvalue weighted by Gasteiger charge is 2.16. The molecule has 0 spiro atoms. The fraction of sp³-hybridized carbons (Fsp3) is 0. The first-order valence-electron chi connectivity index (χ1n) is 17.1. The highest BCUT2D eigenvalue weighted by atomic mass is 32.1. The Hall–Kier alpha value is -6.49. The number of hydrogen-bond donors (Lipinski definition) is 0. The molecule has 0 N–H and O–H groups in total. The number of fused-ring (bicyclic) bond motifs is 5. The summed E-state index contributed by atoms with van der Waals surface area (Å²) in [6.45, 7) is 0. The van der Waals surface area contributed by atoms with Crippen LogP contribution < -0.4 is 0 Å². The third-order valence-corrected chi connectivity index (χ3v) is 10.9. The van der Waals surface area contributed by atoms with Crippen LogP contribution in [0.15, 0.2) is 176 Å². The average molecular weight is 668 g/mol. The van der Waals surface area contributed by atoms with Crippen molar-refractivity contribution in [2.45, 2.75) is 0 Å². The maximum Gasteiger partial charge on any atom is 0.164 e.